The number of nitrogens with zero attached hydrogens (tertiary/aromatic N) is 3. The summed E-state index contributed by atoms with van der Waals surface area (Å²) in [5.74, 6) is -1.94. The van der Waals surface area contributed by atoms with Crippen molar-refractivity contribution >= 4 is 57.4 Å². The molecule has 0 aromatic heterocycles. The molecule has 0 spiro atoms. The van der Waals surface area contributed by atoms with Crippen LogP contribution < -0.4 is 40.0 Å². The second kappa shape index (κ2) is 27.2. The summed E-state index contributed by atoms with van der Waals surface area (Å²) in [5, 5.41) is 13.4. The second-order valence-corrected chi connectivity index (χ2v) is 11.6. The third-order valence-corrected chi connectivity index (χ3v) is 7.12. The van der Waals surface area contributed by atoms with Crippen LogP contribution in [-0.2, 0) is 29.0 Å². The molecule has 3 radical (unpaired) electrons. The molecule has 231 valence electrons. The summed E-state index contributed by atoms with van der Waals surface area (Å²) in [6.07, 6.45) is 6.76. The third kappa shape index (κ3) is 28.2. The van der Waals surface area contributed by atoms with Crippen molar-refractivity contribution in [3.05, 3.63) is 0 Å². The van der Waals surface area contributed by atoms with Crippen LogP contribution in [0.2, 0.25) is 0 Å². The zero-order valence-electron chi connectivity index (χ0n) is 25.8. The molecule has 4 heterocycles. The van der Waals surface area contributed by atoms with Gasteiger partial charge in [0.2, 0.25) is 0 Å². The fourth-order valence-electron chi connectivity index (χ4n) is 4.08. The Morgan fingerprint density at radius 3 is 1.59 bits per heavy atom. The SMILES string of the molecule is CC(=O)OOC(C)=O.CC(=O)[O-].CN1CCC(=O)CC1.CN1CCC(N2CC[C@@H](S)C2)CC1.S[C@@H]1CCNC1.[B].[Na+]. The molecule has 4 saturated heterocycles. The molecule has 4 fully saturated rings. The summed E-state index contributed by atoms with van der Waals surface area (Å²) in [4.78, 5) is 54.1. The summed E-state index contributed by atoms with van der Waals surface area (Å²) < 4.78 is 0. The molecule has 0 aromatic rings. The van der Waals surface area contributed by atoms with Gasteiger partial charge >= 0.3 is 41.5 Å². The van der Waals surface area contributed by atoms with Gasteiger partial charge in [-0.25, -0.2) is 19.4 Å². The topological polar surface area (TPSA) is 132 Å². The maximum absolute atomic E-state index is 10.6. The molecule has 15 heteroatoms. The number of thiol groups is 2. The van der Waals surface area contributed by atoms with E-state index in [-0.39, 0.29) is 38.0 Å². The number of nitrogens with one attached hydrogen (secondary N) is 1. The number of piperidine rings is 2. The summed E-state index contributed by atoms with van der Waals surface area (Å²) in [6.45, 7) is 12.5. The standard InChI is InChI=1S/C10H20N2S.C6H11NO.C4H9NS.C4H6O4.C2H4O2.B.Na/c1-11-5-2-9(3-6-11)12-7-4-10(13)8-12;1-7-4-2-6(8)3-5-7;6-4-1-2-5-3-4;1-3(5)7-8-4(2)6;1-2(3)4;;/h9-10,13H,2-8H2,1H3;2-5H2,1H3;4-6H,1-3H2;1-2H3;1H3,(H,3,4);;/q;;;;;;+1/p-1/t10-;;4-;;;;/m1.1..../s1. The Kier molecular flexibility index (Phi) is 30.0. The van der Waals surface area contributed by atoms with Crippen molar-refractivity contribution in [1.82, 2.24) is 20.0 Å². The minimum atomic E-state index is -1.08. The van der Waals surface area contributed by atoms with Gasteiger partial charge in [-0.15, -0.1) is 0 Å². The minimum Gasteiger partial charge on any atom is -0.550 e. The van der Waals surface area contributed by atoms with Crippen molar-refractivity contribution < 1.29 is 63.6 Å². The van der Waals surface area contributed by atoms with Crippen LogP contribution in [0, 0.1) is 0 Å². The van der Waals surface area contributed by atoms with Gasteiger partial charge in [0.15, 0.2) is 0 Å². The number of aliphatic carboxylic acids is 1. The number of hydrogen-bond acceptors (Lipinski definition) is 13. The first-order chi connectivity index (χ1) is 18.3. The Bertz CT molecular complexity index is 704. The summed E-state index contributed by atoms with van der Waals surface area (Å²) >= 11 is 8.77. The van der Waals surface area contributed by atoms with Crippen molar-refractivity contribution in [1.29, 1.82) is 0 Å². The van der Waals surface area contributed by atoms with E-state index in [1.807, 2.05) is 7.05 Å². The van der Waals surface area contributed by atoms with Gasteiger partial charge in [-0.2, -0.15) is 25.3 Å². The number of carbonyl (C=O) groups is 4. The molecule has 4 aliphatic heterocycles. The molecule has 4 aliphatic rings. The molecular formula is C26H49BN4NaO7S2. The molecule has 11 nitrogen and oxygen atoms in total. The Hall–Kier alpha value is -0.315. The van der Waals surface area contributed by atoms with E-state index in [9.17, 15) is 14.4 Å². The number of carbonyl (C=O) groups excluding carboxylic acids is 4. The molecule has 0 aliphatic carbocycles. The maximum Gasteiger partial charge on any atom is 1.00 e. The van der Waals surface area contributed by atoms with Crippen molar-refractivity contribution in [2.45, 2.75) is 75.8 Å². The van der Waals surface area contributed by atoms with E-state index in [2.05, 4.69) is 62.1 Å². The van der Waals surface area contributed by atoms with Crippen LogP contribution in [0.3, 0.4) is 0 Å². The third-order valence-electron chi connectivity index (χ3n) is 6.25. The first-order valence-corrected chi connectivity index (χ1v) is 14.6. The van der Waals surface area contributed by atoms with Gasteiger partial charge in [0.25, 0.3) is 0 Å². The fraction of sp³-hybridized carbons (Fsp3) is 0.846. The van der Waals surface area contributed by atoms with E-state index < -0.39 is 17.9 Å². The van der Waals surface area contributed by atoms with Crippen molar-refractivity contribution in [2.75, 3.05) is 66.5 Å². The van der Waals surface area contributed by atoms with Crippen LogP contribution >= 0.6 is 25.3 Å². The quantitative estimate of drug-likeness (QED) is 0.119. The molecule has 41 heavy (non-hydrogen) atoms. The van der Waals surface area contributed by atoms with Gasteiger partial charge in [0.1, 0.15) is 5.78 Å². The molecule has 2 atom stereocenters. The number of carboxylic acid groups (broad SMARTS) is 1. The van der Waals surface area contributed by atoms with Gasteiger partial charge in [-0.05, 0) is 72.9 Å². The molecule has 0 bridgehead atoms. The zero-order valence-corrected chi connectivity index (χ0v) is 29.6. The summed E-state index contributed by atoms with van der Waals surface area (Å²) in [5.41, 5.74) is 0. The first-order valence-electron chi connectivity index (χ1n) is 13.5. The van der Waals surface area contributed by atoms with E-state index in [0.717, 1.165) is 65.8 Å². The smallest absolute Gasteiger partial charge is 0.550 e. The van der Waals surface area contributed by atoms with Crippen LogP contribution in [0.4, 0.5) is 0 Å². The van der Waals surface area contributed by atoms with Crippen LogP contribution in [0.1, 0.15) is 59.3 Å². The molecule has 1 N–H and O–H groups in total. The van der Waals surface area contributed by atoms with Gasteiger partial charge in [-0.3, -0.25) is 9.69 Å². The summed E-state index contributed by atoms with van der Waals surface area (Å²) in [6, 6.07) is 0.855. The number of likely N-dealkylation sites (tertiary alicyclic amines) is 3. The molecule has 0 saturated carbocycles. The van der Waals surface area contributed by atoms with E-state index in [0.29, 0.717) is 16.3 Å². The zero-order chi connectivity index (χ0) is 29.8. The molecule has 4 rings (SSSR count). The average molecular weight is 628 g/mol. The molecular weight excluding hydrogens is 578 g/mol. The minimum absolute atomic E-state index is 0. The van der Waals surface area contributed by atoms with E-state index >= 15 is 0 Å². The first kappa shape index (κ1) is 45.1. The Labute approximate surface area is 281 Å². The fourth-order valence-corrected chi connectivity index (χ4v) is 4.67. The van der Waals surface area contributed by atoms with E-state index in [1.54, 1.807) is 0 Å². The Morgan fingerprint density at radius 2 is 1.29 bits per heavy atom. The number of hydrogen-bond donors (Lipinski definition) is 3. The van der Waals surface area contributed by atoms with Crippen molar-refractivity contribution in [3.8, 4) is 0 Å². The predicted molar refractivity (Wildman–Crippen MR) is 161 cm³/mol. The Morgan fingerprint density at radius 1 is 0.829 bits per heavy atom. The molecule has 0 amide bonds. The van der Waals surface area contributed by atoms with E-state index in [4.69, 9.17) is 9.90 Å². The van der Waals surface area contributed by atoms with E-state index in [1.165, 1.54) is 51.9 Å². The number of rotatable bonds is 1. The van der Waals surface area contributed by atoms with Gasteiger partial charge in [-0.1, -0.05) is 0 Å². The van der Waals surface area contributed by atoms with Crippen LogP contribution in [0.15, 0.2) is 0 Å². The molecule has 0 aromatic carbocycles. The van der Waals surface area contributed by atoms with Crippen LogP contribution in [0.5, 0.6) is 0 Å². The van der Waals surface area contributed by atoms with Crippen molar-refractivity contribution in [3.63, 3.8) is 0 Å². The van der Waals surface area contributed by atoms with Crippen LogP contribution in [0.25, 0.3) is 0 Å². The monoisotopic (exact) mass is 627 g/mol. The number of Topliss-reactive ketones (excluding diaryl/α,β-unsaturated/α-hetero) is 1. The van der Waals surface area contributed by atoms with Crippen LogP contribution in [-0.4, -0.2) is 130 Å². The summed E-state index contributed by atoms with van der Waals surface area (Å²) in [7, 11) is 4.27. The van der Waals surface area contributed by atoms with Gasteiger partial charge in [0.05, 0.1) is 0 Å². The Balaban J connectivity index is -0.000000459. The normalized spacial score (nSPS) is 22.7. The largest absolute Gasteiger partial charge is 1.00 e. The van der Waals surface area contributed by atoms with Crippen molar-refractivity contribution in [2.24, 2.45) is 0 Å². The van der Waals surface area contributed by atoms with Gasteiger partial charge < -0.3 is 25.0 Å². The number of ketones is 1. The number of carboxylic acids is 1. The maximum atomic E-state index is 10.6. The second-order valence-electron chi connectivity index (χ2n) is 10.1. The average Bonchev–Trinajstić information content (AvgIpc) is 3.52. The molecule has 0 unspecified atom stereocenters. The van der Waals surface area contributed by atoms with Gasteiger partial charge in [0, 0.05) is 83.8 Å². The predicted octanol–water partition coefficient (Wildman–Crippen LogP) is -2.95.